The topological polar surface area (TPSA) is 67.0 Å². The molecule has 1 unspecified atom stereocenters. The highest BCUT2D eigenvalue weighted by molar-refractivity contribution is 7.99. The average Bonchev–Trinajstić information content (AvgIpc) is 3.01. The number of ether oxygens (including phenoxy) is 1. The van der Waals surface area contributed by atoms with E-state index in [4.69, 9.17) is 4.74 Å². The Morgan fingerprint density at radius 3 is 3.06 bits per heavy atom. The fraction of sp³-hybridized carbons (Fsp3) is 0.667. The summed E-state index contributed by atoms with van der Waals surface area (Å²) in [6, 6.07) is 0.475. The van der Waals surface area contributed by atoms with Crippen LogP contribution in [0.4, 0.5) is 0 Å². The zero-order valence-corrected chi connectivity index (χ0v) is 11.5. The number of rotatable bonds is 7. The van der Waals surface area contributed by atoms with Crippen molar-refractivity contribution in [1.29, 1.82) is 0 Å². The highest BCUT2D eigenvalue weighted by Crippen LogP contribution is 2.26. The van der Waals surface area contributed by atoms with Crippen molar-refractivity contribution in [3.63, 3.8) is 0 Å². The Kier molecular flexibility index (Phi) is 4.29. The molecule has 0 radical (unpaired) electrons. The number of imidazole rings is 1. The third-order valence-electron chi connectivity index (χ3n) is 3.05. The lowest BCUT2D eigenvalue weighted by Crippen LogP contribution is -2.51. The highest BCUT2D eigenvalue weighted by atomic mass is 32.2. The summed E-state index contributed by atoms with van der Waals surface area (Å²) in [5, 5.41) is 4.26. The second-order valence-electron chi connectivity index (χ2n) is 4.74. The molecule has 1 aliphatic carbocycles. The number of thioether (sulfide) groups is 1. The number of H-pyrrole nitrogens is 1. The van der Waals surface area contributed by atoms with Crippen LogP contribution in [0, 0.1) is 0 Å². The predicted octanol–water partition coefficient (Wildman–Crippen LogP) is 1.58. The zero-order valence-electron chi connectivity index (χ0n) is 10.7. The molecule has 6 heteroatoms. The molecule has 1 aliphatic rings. The smallest absolute Gasteiger partial charge is 0.325 e. The van der Waals surface area contributed by atoms with Crippen LogP contribution in [-0.2, 0) is 9.53 Å². The van der Waals surface area contributed by atoms with Gasteiger partial charge in [0.25, 0.3) is 0 Å². The summed E-state index contributed by atoms with van der Waals surface area (Å²) in [7, 11) is 1.44. The SMILES string of the molecule is COC(=O)C(C)(CCSc1ncc[nH]1)NC1CC1. The second kappa shape index (κ2) is 5.75. The molecule has 0 aromatic carbocycles. The Balaban J connectivity index is 1.85. The first-order valence-corrected chi connectivity index (χ1v) is 7.11. The van der Waals surface area contributed by atoms with Crippen LogP contribution in [-0.4, -0.2) is 40.4 Å². The molecule has 100 valence electrons. The minimum atomic E-state index is -0.588. The Bertz CT molecular complexity index is 392. The van der Waals surface area contributed by atoms with E-state index >= 15 is 0 Å². The van der Waals surface area contributed by atoms with Crippen molar-refractivity contribution in [3.8, 4) is 0 Å². The first-order chi connectivity index (χ1) is 8.64. The van der Waals surface area contributed by atoms with Crippen molar-refractivity contribution in [1.82, 2.24) is 15.3 Å². The fourth-order valence-electron chi connectivity index (χ4n) is 1.82. The third-order valence-corrected chi connectivity index (χ3v) is 3.95. The van der Waals surface area contributed by atoms with Crippen LogP contribution in [0.2, 0.25) is 0 Å². The lowest BCUT2D eigenvalue weighted by Gasteiger charge is -2.27. The van der Waals surface area contributed by atoms with Gasteiger partial charge in [0.05, 0.1) is 7.11 Å². The lowest BCUT2D eigenvalue weighted by atomic mass is 9.99. The quantitative estimate of drug-likeness (QED) is 0.581. The molecule has 5 nitrogen and oxygen atoms in total. The van der Waals surface area contributed by atoms with Gasteiger partial charge in [-0.1, -0.05) is 11.8 Å². The minimum Gasteiger partial charge on any atom is -0.468 e. The van der Waals surface area contributed by atoms with Crippen molar-refractivity contribution >= 4 is 17.7 Å². The van der Waals surface area contributed by atoms with Gasteiger partial charge in [0, 0.05) is 24.2 Å². The van der Waals surface area contributed by atoms with Gasteiger partial charge < -0.3 is 9.72 Å². The normalized spacial score (nSPS) is 18.3. The summed E-state index contributed by atoms with van der Waals surface area (Å²) in [4.78, 5) is 19.1. The average molecular weight is 269 g/mol. The van der Waals surface area contributed by atoms with E-state index in [1.54, 1.807) is 24.2 Å². The Labute approximate surface area is 111 Å². The van der Waals surface area contributed by atoms with Crippen LogP contribution in [0.15, 0.2) is 17.6 Å². The van der Waals surface area contributed by atoms with Crippen LogP contribution in [0.1, 0.15) is 26.2 Å². The first kappa shape index (κ1) is 13.4. The minimum absolute atomic E-state index is 0.186. The molecule has 1 heterocycles. The number of methoxy groups -OCH3 is 1. The molecule has 0 amide bonds. The van der Waals surface area contributed by atoms with Gasteiger partial charge in [-0.05, 0) is 26.2 Å². The van der Waals surface area contributed by atoms with Crippen LogP contribution in [0.5, 0.6) is 0 Å². The van der Waals surface area contributed by atoms with E-state index in [9.17, 15) is 4.79 Å². The zero-order chi connectivity index (χ0) is 13.0. The van der Waals surface area contributed by atoms with Crippen molar-refractivity contribution in [2.24, 2.45) is 0 Å². The number of esters is 1. The third kappa shape index (κ3) is 3.49. The molecule has 0 spiro atoms. The van der Waals surface area contributed by atoms with Crippen LogP contribution in [0.25, 0.3) is 0 Å². The summed E-state index contributed by atoms with van der Waals surface area (Å²) < 4.78 is 4.90. The van der Waals surface area contributed by atoms with Gasteiger partial charge in [-0.2, -0.15) is 0 Å². The molecule has 1 atom stereocenters. The summed E-state index contributed by atoms with van der Waals surface area (Å²) in [6.07, 6.45) is 6.55. The van der Waals surface area contributed by atoms with Crippen molar-refractivity contribution in [2.45, 2.75) is 42.9 Å². The summed E-state index contributed by atoms with van der Waals surface area (Å²) in [6.45, 7) is 1.92. The van der Waals surface area contributed by atoms with Crippen molar-refractivity contribution in [2.75, 3.05) is 12.9 Å². The molecule has 1 aromatic rings. The number of aromatic amines is 1. The van der Waals surface area contributed by atoms with Gasteiger partial charge in [-0.3, -0.25) is 10.1 Å². The van der Waals surface area contributed by atoms with E-state index in [-0.39, 0.29) is 5.97 Å². The van der Waals surface area contributed by atoms with Crippen LogP contribution in [0.3, 0.4) is 0 Å². The molecule has 0 saturated heterocycles. The standard InChI is InChI=1S/C12H19N3O2S/c1-12(10(16)17-2,15-9-3-4-9)5-8-18-11-13-6-7-14-11/h6-7,9,15H,3-5,8H2,1-2H3,(H,13,14). The number of nitrogens with zero attached hydrogens (tertiary/aromatic N) is 1. The van der Waals surface area contributed by atoms with E-state index in [0.29, 0.717) is 6.04 Å². The van der Waals surface area contributed by atoms with Gasteiger partial charge in [0.2, 0.25) is 0 Å². The molecular formula is C12H19N3O2S. The van der Waals surface area contributed by atoms with E-state index in [2.05, 4.69) is 15.3 Å². The molecule has 2 rings (SSSR count). The van der Waals surface area contributed by atoms with Crippen LogP contribution >= 0.6 is 11.8 Å². The van der Waals surface area contributed by atoms with Gasteiger partial charge in [0.1, 0.15) is 5.54 Å². The Morgan fingerprint density at radius 2 is 2.50 bits per heavy atom. The van der Waals surface area contributed by atoms with Crippen LogP contribution < -0.4 is 5.32 Å². The summed E-state index contributed by atoms with van der Waals surface area (Å²) >= 11 is 1.61. The van der Waals surface area contributed by atoms with E-state index < -0.39 is 5.54 Å². The Hall–Kier alpha value is -1.01. The van der Waals surface area contributed by atoms with E-state index in [1.165, 1.54) is 7.11 Å². The molecule has 0 bridgehead atoms. The molecule has 0 aliphatic heterocycles. The fourth-order valence-corrected chi connectivity index (χ4v) is 2.81. The molecular weight excluding hydrogens is 250 g/mol. The van der Waals surface area contributed by atoms with E-state index in [1.807, 2.05) is 6.92 Å². The predicted molar refractivity (Wildman–Crippen MR) is 70.5 cm³/mol. The molecule has 2 N–H and O–H groups in total. The number of hydrogen-bond donors (Lipinski definition) is 2. The first-order valence-electron chi connectivity index (χ1n) is 6.12. The maximum atomic E-state index is 11.9. The summed E-state index contributed by atoms with van der Waals surface area (Å²) in [5.41, 5.74) is -0.588. The highest BCUT2D eigenvalue weighted by Gasteiger charge is 2.38. The molecule has 1 fully saturated rings. The maximum absolute atomic E-state index is 11.9. The van der Waals surface area contributed by atoms with Gasteiger partial charge in [-0.25, -0.2) is 4.98 Å². The summed E-state index contributed by atoms with van der Waals surface area (Å²) in [5.74, 6) is 0.633. The molecule has 1 saturated carbocycles. The largest absolute Gasteiger partial charge is 0.468 e. The van der Waals surface area contributed by atoms with Gasteiger partial charge in [0.15, 0.2) is 5.16 Å². The molecule has 18 heavy (non-hydrogen) atoms. The number of aromatic nitrogens is 2. The Morgan fingerprint density at radius 1 is 1.72 bits per heavy atom. The van der Waals surface area contributed by atoms with Gasteiger partial charge >= 0.3 is 5.97 Å². The number of carbonyl (C=O) groups excluding carboxylic acids is 1. The monoisotopic (exact) mass is 269 g/mol. The molecule has 1 aromatic heterocycles. The maximum Gasteiger partial charge on any atom is 0.325 e. The van der Waals surface area contributed by atoms with Crippen molar-refractivity contribution in [3.05, 3.63) is 12.4 Å². The lowest BCUT2D eigenvalue weighted by molar-refractivity contribution is -0.148. The number of hydrogen-bond acceptors (Lipinski definition) is 5. The van der Waals surface area contributed by atoms with Gasteiger partial charge in [-0.15, -0.1) is 0 Å². The number of carbonyl (C=O) groups is 1. The van der Waals surface area contributed by atoms with Crippen molar-refractivity contribution < 1.29 is 9.53 Å². The second-order valence-corrected chi connectivity index (χ2v) is 5.82. The number of nitrogens with one attached hydrogen (secondary N) is 2. The van der Waals surface area contributed by atoms with E-state index in [0.717, 1.165) is 30.2 Å².